The largest absolute Gasteiger partial charge is 0.493 e. The topological polar surface area (TPSA) is 59.5 Å². The summed E-state index contributed by atoms with van der Waals surface area (Å²) in [5.74, 6) is 3.38. The van der Waals surface area contributed by atoms with E-state index in [0.29, 0.717) is 50.2 Å². The number of methoxy groups -OCH3 is 1. The van der Waals surface area contributed by atoms with Gasteiger partial charge in [0.05, 0.1) is 29.9 Å². The van der Waals surface area contributed by atoms with Crippen molar-refractivity contribution in [3.63, 3.8) is 0 Å². The minimum atomic E-state index is -0.447. The average molecular weight is 536 g/mol. The van der Waals surface area contributed by atoms with Crippen LogP contribution < -0.4 is 14.8 Å². The SMILES string of the molecule is COc1cc2c(Nc3cc(Cl)c(Br)cc3F)ncnc2cc1OCC1C[C@H]2CN(C)C[C@@H]2C1. The Morgan fingerprint density at radius 2 is 1.91 bits per heavy atom. The molecule has 1 aromatic heterocycles. The van der Waals surface area contributed by atoms with Gasteiger partial charge in [-0.05, 0) is 71.8 Å². The van der Waals surface area contributed by atoms with Crippen LogP contribution in [0.2, 0.25) is 5.02 Å². The van der Waals surface area contributed by atoms with E-state index in [-0.39, 0.29) is 5.69 Å². The van der Waals surface area contributed by atoms with E-state index in [1.165, 1.54) is 44.4 Å². The van der Waals surface area contributed by atoms with E-state index < -0.39 is 5.82 Å². The Morgan fingerprint density at radius 1 is 1.15 bits per heavy atom. The molecule has 1 saturated heterocycles. The summed E-state index contributed by atoms with van der Waals surface area (Å²) in [5, 5.41) is 4.11. The Labute approximate surface area is 205 Å². The van der Waals surface area contributed by atoms with Crippen LogP contribution in [0.3, 0.4) is 0 Å². The van der Waals surface area contributed by atoms with Gasteiger partial charge in [-0.15, -0.1) is 0 Å². The van der Waals surface area contributed by atoms with Crippen LogP contribution in [0, 0.1) is 23.6 Å². The number of ether oxygens (including phenoxy) is 2. The minimum Gasteiger partial charge on any atom is -0.493 e. The standard InChI is InChI=1S/C24H25BrClFN4O2/c1-31-9-14-3-13(4-15(14)10-31)11-33-23-8-20-16(5-22(23)32-2)24(29-12-28-20)30-21-7-18(26)17(25)6-19(21)27/h5-8,12-15H,3-4,9-11H2,1-2H3,(H,28,29,30)/t14-,15-/m0/s1. The van der Waals surface area contributed by atoms with Gasteiger partial charge in [0, 0.05) is 29.0 Å². The van der Waals surface area contributed by atoms with Crippen LogP contribution in [-0.4, -0.2) is 48.7 Å². The molecular weight excluding hydrogens is 511 g/mol. The van der Waals surface area contributed by atoms with E-state index in [1.807, 2.05) is 12.1 Å². The van der Waals surface area contributed by atoms with Crippen molar-refractivity contribution in [2.45, 2.75) is 12.8 Å². The first-order valence-corrected chi connectivity index (χ1v) is 12.1. The van der Waals surface area contributed by atoms with Gasteiger partial charge in [0.15, 0.2) is 11.5 Å². The van der Waals surface area contributed by atoms with Crippen molar-refractivity contribution in [1.82, 2.24) is 14.9 Å². The van der Waals surface area contributed by atoms with Crippen LogP contribution in [-0.2, 0) is 0 Å². The molecule has 2 atom stereocenters. The number of rotatable bonds is 6. The van der Waals surface area contributed by atoms with E-state index in [4.69, 9.17) is 21.1 Å². The number of hydrogen-bond donors (Lipinski definition) is 1. The number of anilines is 2. The molecular formula is C24H25BrClFN4O2. The fourth-order valence-electron chi connectivity index (χ4n) is 5.19. The van der Waals surface area contributed by atoms with Crippen molar-refractivity contribution >= 4 is 49.9 Å². The zero-order chi connectivity index (χ0) is 23.1. The molecule has 1 saturated carbocycles. The van der Waals surface area contributed by atoms with Gasteiger partial charge in [-0.2, -0.15) is 0 Å². The van der Waals surface area contributed by atoms with Gasteiger partial charge in [-0.25, -0.2) is 14.4 Å². The molecule has 174 valence electrons. The van der Waals surface area contributed by atoms with Crippen molar-refractivity contribution in [2.24, 2.45) is 17.8 Å². The summed E-state index contributed by atoms with van der Waals surface area (Å²) in [7, 11) is 3.81. The highest BCUT2D eigenvalue weighted by atomic mass is 79.9. The van der Waals surface area contributed by atoms with Crippen molar-refractivity contribution in [3.8, 4) is 11.5 Å². The second-order valence-corrected chi connectivity index (χ2v) is 10.3. The van der Waals surface area contributed by atoms with Crippen LogP contribution >= 0.6 is 27.5 Å². The maximum absolute atomic E-state index is 14.4. The number of nitrogens with zero attached hydrogens (tertiary/aromatic N) is 3. The third-order valence-corrected chi connectivity index (χ3v) is 7.89. The molecule has 1 N–H and O–H groups in total. The molecule has 2 heterocycles. The molecule has 0 bridgehead atoms. The molecule has 2 fully saturated rings. The number of hydrogen-bond acceptors (Lipinski definition) is 6. The van der Waals surface area contributed by atoms with E-state index >= 15 is 0 Å². The summed E-state index contributed by atoms with van der Waals surface area (Å²) < 4.78 is 26.7. The first-order valence-electron chi connectivity index (χ1n) is 11.0. The Hall–Kier alpha value is -2.16. The van der Waals surface area contributed by atoms with E-state index in [0.717, 1.165) is 11.8 Å². The molecule has 5 rings (SSSR count). The molecule has 3 aromatic rings. The zero-order valence-electron chi connectivity index (χ0n) is 18.4. The van der Waals surface area contributed by atoms with Gasteiger partial charge < -0.3 is 19.7 Å². The second-order valence-electron chi connectivity index (χ2n) is 9.00. The number of aromatic nitrogens is 2. The molecule has 1 aliphatic heterocycles. The third-order valence-electron chi connectivity index (χ3n) is 6.69. The van der Waals surface area contributed by atoms with Crippen molar-refractivity contribution in [3.05, 3.63) is 45.9 Å². The van der Waals surface area contributed by atoms with E-state index in [2.05, 4.69) is 43.2 Å². The van der Waals surface area contributed by atoms with Crippen molar-refractivity contribution in [2.75, 3.05) is 39.2 Å². The lowest BCUT2D eigenvalue weighted by Crippen LogP contribution is -2.18. The Kier molecular flexibility index (Phi) is 6.33. The molecule has 1 aliphatic carbocycles. The van der Waals surface area contributed by atoms with E-state index in [9.17, 15) is 4.39 Å². The van der Waals surface area contributed by atoms with Gasteiger partial charge in [0.25, 0.3) is 0 Å². The van der Waals surface area contributed by atoms with Gasteiger partial charge in [-0.1, -0.05) is 11.6 Å². The van der Waals surface area contributed by atoms with Crippen LogP contribution in [0.25, 0.3) is 10.9 Å². The van der Waals surface area contributed by atoms with Gasteiger partial charge in [-0.3, -0.25) is 0 Å². The fraction of sp³-hybridized carbons (Fsp3) is 0.417. The first-order chi connectivity index (χ1) is 15.9. The lowest BCUT2D eigenvalue weighted by molar-refractivity contribution is 0.227. The highest BCUT2D eigenvalue weighted by Crippen LogP contribution is 2.42. The number of halogens is 3. The smallest absolute Gasteiger partial charge is 0.163 e. The first kappa shape index (κ1) is 22.6. The Balaban J connectivity index is 1.37. The summed E-state index contributed by atoms with van der Waals surface area (Å²) in [6.07, 6.45) is 3.86. The van der Waals surface area contributed by atoms with Crippen molar-refractivity contribution < 1.29 is 13.9 Å². The fourth-order valence-corrected chi connectivity index (χ4v) is 5.66. The maximum Gasteiger partial charge on any atom is 0.163 e. The van der Waals surface area contributed by atoms with Gasteiger partial charge >= 0.3 is 0 Å². The van der Waals surface area contributed by atoms with Gasteiger partial charge in [0.1, 0.15) is 18.0 Å². The Bertz CT molecular complexity index is 1180. The summed E-state index contributed by atoms with van der Waals surface area (Å²) >= 11 is 9.37. The van der Waals surface area contributed by atoms with E-state index in [1.54, 1.807) is 7.11 Å². The van der Waals surface area contributed by atoms with Crippen LogP contribution in [0.5, 0.6) is 11.5 Å². The predicted molar refractivity (Wildman–Crippen MR) is 131 cm³/mol. The monoisotopic (exact) mass is 534 g/mol. The summed E-state index contributed by atoms with van der Waals surface area (Å²) in [6, 6.07) is 6.51. The van der Waals surface area contributed by atoms with Crippen molar-refractivity contribution in [1.29, 1.82) is 0 Å². The zero-order valence-corrected chi connectivity index (χ0v) is 20.8. The van der Waals surface area contributed by atoms with Crippen LogP contribution in [0.15, 0.2) is 35.1 Å². The van der Waals surface area contributed by atoms with Crippen LogP contribution in [0.1, 0.15) is 12.8 Å². The van der Waals surface area contributed by atoms with Gasteiger partial charge in [0.2, 0.25) is 0 Å². The average Bonchev–Trinajstić information content (AvgIpc) is 3.32. The minimum absolute atomic E-state index is 0.222. The highest BCUT2D eigenvalue weighted by molar-refractivity contribution is 9.10. The summed E-state index contributed by atoms with van der Waals surface area (Å²) in [4.78, 5) is 11.1. The molecule has 9 heteroatoms. The lowest BCUT2D eigenvalue weighted by atomic mass is 10.0. The quantitative estimate of drug-likeness (QED) is 0.397. The molecule has 2 aliphatic rings. The maximum atomic E-state index is 14.4. The molecule has 6 nitrogen and oxygen atoms in total. The Morgan fingerprint density at radius 3 is 2.64 bits per heavy atom. The summed E-state index contributed by atoms with van der Waals surface area (Å²) in [5.41, 5.74) is 0.900. The molecule has 0 amide bonds. The lowest BCUT2D eigenvalue weighted by Gasteiger charge is -2.17. The number of nitrogens with one attached hydrogen (secondary N) is 1. The highest BCUT2D eigenvalue weighted by Gasteiger charge is 2.39. The molecule has 0 spiro atoms. The molecule has 0 radical (unpaired) electrons. The predicted octanol–water partition coefficient (Wildman–Crippen LogP) is 5.90. The molecule has 33 heavy (non-hydrogen) atoms. The molecule has 0 unspecified atom stereocenters. The number of benzene rings is 2. The number of likely N-dealkylation sites (tertiary alicyclic amines) is 1. The second kappa shape index (κ2) is 9.24. The number of fused-ring (bicyclic) bond motifs is 2. The third kappa shape index (κ3) is 4.61. The summed E-state index contributed by atoms with van der Waals surface area (Å²) in [6.45, 7) is 3.05. The normalized spacial score (nSPS) is 20.9. The molecule has 2 aromatic carbocycles. The van der Waals surface area contributed by atoms with Crippen LogP contribution in [0.4, 0.5) is 15.9 Å².